The van der Waals surface area contributed by atoms with Gasteiger partial charge in [0.05, 0.1) is 18.6 Å². The van der Waals surface area contributed by atoms with Crippen LogP contribution in [0.15, 0.2) is 23.0 Å². The lowest BCUT2D eigenvalue weighted by Crippen LogP contribution is -2.40. The molecule has 0 radical (unpaired) electrons. The maximum Gasteiger partial charge on any atom is 0.237 e. The van der Waals surface area contributed by atoms with Gasteiger partial charge in [-0.1, -0.05) is 13.8 Å². The van der Waals surface area contributed by atoms with Gasteiger partial charge in [-0.25, -0.2) is 0 Å². The first kappa shape index (κ1) is 11.8. The Kier molecular flexibility index (Phi) is 4.37. The second kappa shape index (κ2) is 5.56. The van der Waals surface area contributed by atoms with Crippen molar-refractivity contribution >= 4 is 5.91 Å². The van der Waals surface area contributed by atoms with Gasteiger partial charge in [0.25, 0.3) is 0 Å². The summed E-state index contributed by atoms with van der Waals surface area (Å²) >= 11 is 0. The number of hydrogen-bond donors (Lipinski definition) is 2. The second-order valence-corrected chi connectivity index (χ2v) is 4.09. The average molecular weight is 210 g/mol. The molecule has 0 spiro atoms. The summed E-state index contributed by atoms with van der Waals surface area (Å²) in [6.07, 6.45) is 3.89. The number of carbonyl (C=O) groups excluding carboxylic acids is 1. The van der Waals surface area contributed by atoms with E-state index in [1.165, 1.54) is 0 Å². The molecule has 0 aliphatic heterocycles. The van der Waals surface area contributed by atoms with Crippen LogP contribution < -0.4 is 11.1 Å². The van der Waals surface area contributed by atoms with Gasteiger partial charge in [-0.3, -0.25) is 4.79 Å². The summed E-state index contributed by atoms with van der Waals surface area (Å²) in [4.78, 5) is 11.5. The van der Waals surface area contributed by atoms with Crippen LogP contribution >= 0.6 is 0 Å². The molecule has 1 rings (SSSR count). The topological polar surface area (TPSA) is 68.3 Å². The summed E-state index contributed by atoms with van der Waals surface area (Å²) in [5, 5.41) is 2.77. The molecule has 0 aliphatic rings. The maximum atomic E-state index is 11.5. The third kappa shape index (κ3) is 4.16. The van der Waals surface area contributed by atoms with Gasteiger partial charge in [-0.05, 0) is 18.4 Å². The average Bonchev–Trinajstić information content (AvgIpc) is 2.65. The molecule has 1 aromatic heterocycles. The lowest BCUT2D eigenvalue weighted by atomic mass is 10.0. The van der Waals surface area contributed by atoms with Crippen molar-refractivity contribution < 1.29 is 9.21 Å². The number of amides is 1. The summed E-state index contributed by atoms with van der Waals surface area (Å²) in [6.45, 7) is 4.56. The molecule has 0 aliphatic carbocycles. The highest BCUT2D eigenvalue weighted by atomic mass is 16.3. The SMILES string of the molecule is CC(C)C[C@H](N)C(=O)NCc1ccoc1. The van der Waals surface area contributed by atoms with Gasteiger partial charge in [0.1, 0.15) is 0 Å². The molecule has 1 atom stereocenters. The normalized spacial score (nSPS) is 12.8. The molecule has 0 bridgehead atoms. The Morgan fingerprint density at radius 3 is 2.87 bits per heavy atom. The fourth-order valence-corrected chi connectivity index (χ4v) is 1.33. The Labute approximate surface area is 89.8 Å². The molecule has 4 nitrogen and oxygen atoms in total. The first-order chi connectivity index (χ1) is 7.09. The van der Waals surface area contributed by atoms with E-state index in [1.54, 1.807) is 12.5 Å². The number of hydrogen-bond acceptors (Lipinski definition) is 3. The summed E-state index contributed by atoms with van der Waals surface area (Å²) in [6, 6.07) is 1.39. The third-order valence-corrected chi connectivity index (χ3v) is 2.11. The number of rotatable bonds is 5. The zero-order valence-electron chi connectivity index (χ0n) is 9.19. The van der Waals surface area contributed by atoms with Crippen molar-refractivity contribution in [2.75, 3.05) is 0 Å². The van der Waals surface area contributed by atoms with Crippen molar-refractivity contribution in [1.29, 1.82) is 0 Å². The number of carbonyl (C=O) groups is 1. The molecule has 0 aromatic carbocycles. The van der Waals surface area contributed by atoms with E-state index in [-0.39, 0.29) is 5.91 Å². The molecule has 3 N–H and O–H groups in total. The van der Waals surface area contributed by atoms with E-state index in [0.717, 1.165) is 5.56 Å². The van der Waals surface area contributed by atoms with Crippen molar-refractivity contribution in [3.05, 3.63) is 24.2 Å². The molecule has 0 unspecified atom stereocenters. The molecule has 0 saturated carbocycles. The van der Waals surface area contributed by atoms with Crippen LogP contribution in [0.2, 0.25) is 0 Å². The molecule has 84 valence electrons. The first-order valence-corrected chi connectivity index (χ1v) is 5.14. The van der Waals surface area contributed by atoms with Crippen LogP contribution in [0, 0.1) is 5.92 Å². The van der Waals surface area contributed by atoms with Crippen LogP contribution in [-0.4, -0.2) is 11.9 Å². The molecular weight excluding hydrogens is 192 g/mol. The van der Waals surface area contributed by atoms with E-state index < -0.39 is 6.04 Å². The highest BCUT2D eigenvalue weighted by molar-refractivity contribution is 5.81. The van der Waals surface area contributed by atoms with Gasteiger partial charge < -0.3 is 15.5 Å². The minimum atomic E-state index is -0.420. The van der Waals surface area contributed by atoms with Crippen molar-refractivity contribution in [2.24, 2.45) is 11.7 Å². The summed E-state index contributed by atoms with van der Waals surface area (Å²) in [5.74, 6) is 0.324. The van der Waals surface area contributed by atoms with E-state index in [4.69, 9.17) is 10.2 Å². The predicted octanol–water partition coefficient (Wildman–Crippen LogP) is 1.27. The smallest absolute Gasteiger partial charge is 0.237 e. The molecule has 4 heteroatoms. The van der Waals surface area contributed by atoms with Gasteiger partial charge >= 0.3 is 0 Å². The van der Waals surface area contributed by atoms with Crippen LogP contribution in [0.4, 0.5) is 0 Å². The van der Waals surface area contributed by atoms with Gasteiger partial charge in [-0.2, -0.15) is 0 Å². The van der Waals surface area contributed by atoms with E-state index in [2.05, 4.69) is 5.32 Å². The Morgan fingerprint density at radius 1 is 1.60 bits per heavy atom. The standard InChI is InChI=1S/C11H18N2O2/c1-8(2)5-10(12)11(14)13-6-9-3-4-15-7-9/h3-4,7-8,10H,5-6,12H2,1-2H3,(H,13,14)/t10-/m0/s1. The van der Waals surface area contributed by atoms with Crippen molar-refractivity contribution in [3.8, 4) is 0 Å². The van der Waals surface area contributed by atoms with Crippen LogP contribution in [-0.2, 0) is 11.3 Å². The van der Waals surface area contributed by atoms with Gasteiger partial charge in [0.15, 0.2) is 0 Å². The minimum absolute atomic E-state index is 0.107. The lowest BCUT2D eigenvalue weighted by Gasteiger charge is -2.13. The third-order valence-electron chi connectivity index (χ3n) is 2.11. The number of nitrogens with one attached hydrogen (secondary N) is 1. The molecule has 0 saturated heterocycles. The number of furan rings is 1. The Balaban J connectivity index is 2.29. The number of nitrogens with two attached hydrogens (primary N) is 1. The Hall–Kier alpha value is -1.29. The summed E-state index contributed by atoms with van der Waals surface area (Å²) in [5.41, 5.74) is 6.67. The van der Waals surface area contributed by atoms with Crippen molar-refractivity contribution in [3.63, 3.8) is 0 Å². The van der Waals surface area contributed by atoms with Crippen molar-refractivity contribution in [1.82, 2.24) is 5.32 Å². The fraction of sp³-hybridized carbons (Fsp3) is 0.545. The maximum absolute atomic E-state index is 11.5. The molecule has 1 aromatic rings. The summed E-state index contributed by atoms with van der Waals surface area (Å²) < 4.78 is 4.89. The highest BCUT2D eigenvalue weighted by Crippen LogP contribution is 2.03. The second-order valence-electron chi connectivity index (χ2n) is 4.09. The molecule has 0 fully saturated rings. The van der Waals surface area contributed by atoms with Crippen LogP contribution in [0.25, 0.3) is 0 Å². The zero-order valence-corrected chi connectivity index (χ0v) is 9.19. The minimum Gasteiger partial charge on any atom is -0.472 e. The van der Waals surface area contributed by atoms with E-state index in [9.17, 15) is 4.79 Å². The van der Waals surface area contributed by atoms with Crippen molar-refractivity contribution in [2.45, 2.75) is 32.9 Å². The Bertz CT molecular complexity index is 294. The monoisotopic (exact) mass is 210 g/mol. The lowest BCUT2D eigenvalue weighted by molar-refractivity contribution is -0.122. The Morgan fingerprint density at radius 2 is 2.33 bits per heavy atom. The van der Waals surface area contributed by atoms with Gasteiger partial charge in [0, 0.05) is 12.1 Å². The summed E-state index contributed by atoms with van der Waals surface area (Å²) in [7, 11) is 0. The van der Waals surface area contributed by atoms with E-state index in [0.29, 0.717) is 18.9 Å². The first-order valence-electron chi connectivity index (χ1n) is 5.14. The fourth-order valence-electron chi connectivity index (χ4n) is 1.33. The zero-order chi connectivity index (χ0) is 11.3. The van der Waals surface area contributed by atoms with Crippen LogP contribution in [0.1, 0.15) is 25.8 Å². The molecule has 1 heterocycles. The predicted molar refractivity (Wildman–Crippen MR) is 58.0 cm³/mol. The molecule has 15 heavy (non-hydrogen) atoms. The highest BCUT2D eigenvalue weighted by Gasteiger charge is 2.14. The van der Waals surface area contributed by atoms with E-state index in [1.807, 2.05) is 19.9 Å². The van der Waals surface area contributed by atoms with Gasteiger partial charge in [-0.15, -0.1) is 0 Å². The molecular formula is C11H18N2O2. The molecule has 1 amide bonds. The van der Waals surface area contributed by atoms with Gasteiger partial charge in [0.2, 0.25) is 5.91 Å². The van der Waals surface area contributed by atoms with Crippen LogP contribution in [0.5, 0.6) is 0 Å². The largest absolute Gasteiger partial charge is 0.472 e. The quantitative estimate of drug-likeness (QED) is 0.769. The van der Waals surface area contributed by atoms with E-state index >= 15 is 0 Å². The van der Waals surface area contributed by atoms with Crippen LogP contribution in [0.3, 0.4) is 0 Å².